The maximum absolute atomic E-state index is 13.0. The van der Waals surface area contributed by atoms with Crippen LogP contribution in [0.5, 0.6) is 0 Å². The first-order valence-corrected chi connectivity index (χ1v) is 10.7. The molecule has 0 radical (unpaired) electrons. The molecule has 0 bridgehead atoms. The number of piperidine rings is 1. The van der Waals surface area contributed by atoms with Gasteiger partial charge >= 0.3 is 0 Å². The molecule has 1 fully saturated rings. The number of fused-ring (bicyclic) bond motifs is 1. The van der Waals surface area contributed by atoms with Crippen LogP contribution in [0.15, 0.2) is 73.1 Å². The number of hydrogen-bond acceptors (Lipinski definition) is 4. The lowest BCUT2D eigenvalue weighted by atomic mass is 10.0. The van der Waals surface area contributed by atoms with Crippen LogP contribution in [-0.4, -0.2) is 45.1 Å². The molecule has 2 aromatic carbocycles. The van der Waals surface area contributed by atoms with Crippen LogP contribution in [0.1, 0.15) is 28.8 Å². The fourth-order valence-electron chi connectivity index (χ4n) is 4.31. The fraction of sp³-hybridized carbons (Fsp3) is 0.240. The Bertz CT molecular complexity index is 1170. The van der Waals surface area contributed by atoms with Crippen molar-refractivity contribution in [1.82, 2.24) is 25.4 Å². The number of pyridine rings is 1. The summed E-state index contributed by atoms with van der Waals surface area (Å²) in [5.41, 5.74) is 4.68. The van der Waals surface area contributed by atoms with Crippen molar-refractivity contribution in [3.8, 4) is 11.3 Å². The minimum absolute atomic E-state index is 0.0321. The second kappa shape index (κ2) is 8.70. The summed E-state index contributed by atoms with van der Waals surface area (Å²) in [5, 5.41) is 11.7. The maximum Gasteiger partial charge on any atom is 0.251 e. The van der Waals surface area contributed by atoms with Gasteiger partial charge in [0.1, 0.15) is 5.69 Å². The van der Waals surface area contributed by atoms with Crippen molar-refractivity contribution in [1.29, 1.82) is 0 Å². The molecule has 1 saturated heterocycles. The minimum atomic E-state index is -0.0321. The average molecular weight is 412 g/mol. The van der Waals surface area contributed by atoms with Gasteiger partial charge in [-0.2, -0.15) is 5.10 Å². The van der Waals surface area contributed by atoms with Gasteiger partial charge < -0.3 is 5.32 Å². The number of carbonyl (C=O) groups is 1. The molecule has 3 heterocycles. The third-order valence-corrected chi connectivity index (χ3v) is 5.87. The Hall–Kier alpha value is -3.51. The predicted octanol–water partition coefficient (Wildman–Crippen LogP) is 4.02. The van der Waals surface area contributed by atoms with Crippen LogP contribution in [0.2, 0.25) is 0 Å². The number of benzene rings is 2. The van der Waals surface area contributed by atoms with Crippen LogP contribution in [-0.2, 0) is 6.54 Å². The Morgan fingerprint density at radius 2 is 1.94 bits per heavy atom. The minimum Gasteiger partial charge on any atom is -0.348 e. The number of nitrogens with zero attached hydrogens (tertiary/aromatic N) is 3. The highest BCUT2D eigenvalue weighted by Crippen LogP contribution is 2.26. The van der Waals surface area contributed by atoms with E-state index in [1.54, 1.807) is 12.4 Å². The van der Waals surface area contributed by atoms with Crippen molar-refractivity contribution in [3.05, 3.63) is 84.2 Å². The standard InChI is InChI=1S/C25H25N5O/c31-25(27-21-7-4-14-30(17-21)16-18-5-2-1-3-6-18)20-8-9-23-22(15-20)24(29-28-23)19-10-12-26-13-11-19/h1-3,5-6,8-13,15,21H,4,7,14,16-17H2,(H,27,31)(H,28,29)/t21-/m1/s1. The van der Waals surface area contributed by atoms with Crippen LogP contribution in [0.3, 0.4) is 0 Å². The average Bonchev–Trinajstić information content (AvgIpc) is 3.24. The number of H-pyrrole nitrogens is 1. The van der Waals surface area contributed by atoms with E-state index < -0.39 is 0 Å². The number of aromatic amines is 1. The largest absolute Gasteiger partial charge is 0.348 e. The zero-order valence-corrected chi connectivity index (χ0v) is 17.3. The molecule has 1 aliphatic heterocycles. The molecule has 0 aliphatic carbocycles. The quantitative estimate of drug-likeness (QED) is 0.520. The summed E-state index contributed by atoms with van der Waals surface area (Å²) >= 11 is 0. The summed E-state index contributed by atoms with van der Waals surface area (Å²) < 4.78 is 0. The Morgan fingerprint density at radius 1 is 1.10 bits per heavy atom. The van der Waals surface area contributed by atoms with E-state index in [1.165, 1.54) is 5.56 Å². The molecule has 0 spiro atoms. The molecule has 2 N–H and O–H groups in total. The lowest BCUT2D eigenvalue weighted by Crippen LogP contribution is -2.47. The van der Waals surface area contributed by atoms with Crippen molar-refractivity contribution in [3.63, 3.8) is 0 Å². The van der Waals surface area contributed by atoms with Crippen molar-refractivity contribution >= 4 is 16.8 Å². The van der Waals surface area contributed by atoms with Gasteiger partial charge in [-0.15, -0.1) is 0 Å². The van der Waals surface area contributed by atoms with Crippen LogP contribution >= 0.6 is 0 Å². The highest BCUT2D eigenvalue weighted by Gasteiger charge is 2.22. The molecule has 5 rings (SSSR count). The molecule has 4 aromatic rings. The van der Waals surface area contributed by atoms with Crippen LogP contribution in [0.4, 0.5) is 0 Å². The van der Waals surface area contributed by atoms with Gasteiger partial charge in [0.25, 0.3) is 5.91 Å². The van der Waals surface area contributed by atoms with Crippen LogP contribution in [0, 0.1) is 0 Å². The third kappa shape index (κ3) is 4.34. The Kier molecular flexibility index (Phi) is 5.46. The molecule has 6 nitrogen and oxygen atoms in total. The van der Waals surface area contributed by atoms with Crippen molar-refractivity contribution < 1.29 is 4.79 Å². The SMILES string of the molecule is O=C(N[C@@H]1CCCN(Cc2ccccc2)C1)c1ccc2[nH]nc(-c3ccncc3)c2c1. The van der Waals surface area contributed by atoms with Crippen molar-refractivity contribution in [2.75, 3.05) is 13.1 Å². The van der Waals surface area contributed by atoms with Crippen molar-refractivity contribution in [2.45, 2.75) is 25.4 Å². The highest BCUT2D eigenvalue weighted by molar-refractivity contribution is 6.01. The normalized spacial score (nSPS) is 17.0. The van der Waals surface area contributed by atoms with Gasteiger partial charge in [0.05, 0.1) is 5.52 Å². The number of rotatable bonds is 5. The summed E-state index contributed by atoms with van der Waals surface area (Å²) in [4.78, 5) is 19.5. The molecule has 156 valence electrons. The summed E-state index contributed by atoms with van der Waals surface area (Å²) in [7, 11) is 0. The van der Waals surface area contributed by atoms with E-state index in [0.29, 0.717) is 5.56 Å². The zero-order valence-electron chi connectivity index (χ0n) is 17.3. The number of nitrogens with one attached hydrogen (secondary N) is 2. The molecular weight excluding hydrogens is 386 g/mol. The lowest BCUT2D eigenvalue weighted by molar-refractivity contribution is 0.0901. The van der Waals surface area contributed by atoms with Gasteiger partial charge in [-0.3, -0.25) is 19.8 Å². The monoisotopic (exact) mass is 411 g/mol. The molecule has 31 heavy (non-hydrogen) atoms. The van der Waals surface area contributed by atoms with Gasteiger partial charge in [-0.25, -0.2) is 0 Å². The second-order valence-electron chi connectivity index (χ2n) is 8.10. The zero-order chi connectivity index (χ0) is 21.0. The Balaban J connectivity index is 1.30. The van der Waals surface area contributed by atoms with E-state index in [9.17, 15) is 4.79 Å². The molecular formula is C25H25N5O. The maximum atomic E-state index is 13.0. The number of hydrogen-bond donors (Lipinski definition) is 2. The summed E-state index contributed by atoms with van der Waals surface area (Å²) in [5.74, 6) is -0.0321. The molecule has 1 aliphatic rings. The predicted molar refractivity (Wildman–Crippen MR) is 122 cm³/mol. The van der Waals surface area contributed by atoms with E-state index in [-0.39, 0.29) is 11.9 Å². The number of carbonyl (C=O) groups excluding carboxylic acids is 1. The van der Waals surface area contributed by atoms with Gasteiger partial charge in [0.15, 0.2) is 0 Å². The molecule has 0 saturated carbocycles. The van der Waals surface area contributed by atoms with Crippen molar-refractivity contribution in [2.24, 2.45) is 0 Å². The first-order valence-electron chi connectivity index (χ1n) is 10.7. The fourth-order valence-corrected chi connectivity index (χ4v) is 4.31. The van der Waals surface area contributed by atoms with E-state index in [2.05, 4.69) is 49.7 Å². The molecule has 0 unspecified atom stereocenters. The first-order chi connectivity index (χ1) is 15.3. The van der Waals surface area contributed by atoms with Gasteiger partial charge in [-0.05, 0) is 55.3 Å². The molecule has 1 amide bonds. The topological polar surface area (TPSA) is 73.9 Å². The highest BCUT2D eigenvalue weighted by atomic mass is 16.1. The van der Waals surface area contributed by atoms with Gasteiger partial charge in [0.2, 0.25) is 0 Å². The Morgan fingerprint density at radius 3 is 2.77 bits per heavy atom. The summed E-state index contributed by atoms with van der Waals surface area (Å²) in [6.07, 6.45) is 5.59. The number of aromatic nitrogens is 3. The van der Waals surface area contributed by atoms with Gasteiger partial charge in [-0.1, -0.05) is 30.3 Å². The Labute approximate surface area is 181 Å². The van der Waals surface area contributed by atoms with E-state index >= 15 is 0 Å². The van der Waals surface area contributed by atoms with Gasteiger partial charge in [0, 0.05) is 48.0 Å². The molecule has 2 aromatic heterocycles. The van der Waals surface area contributed by atoms with Crippen LogP contribution < -0.4 is 5.32 Å². The third-order valence-electron chi connectivity index (χ3n) is 5.87. The molecule has 1 atom stereocenters. The van der Waals surface area contributed by atoms with E-state index in [0.717, 1.165) is 54.6 Å². The van der Waals surface area contributed by atoms with E-state index in [4.69, 9.17) is 0 Å². The smallest absolute Gasteiger partial charge is 0.251 e. The second-order valence-corrected chi connectivity index (χ2v) is 8.10. The van der Waals surface area contributed by atoms with E-state index in [1.807, 2.05) is 36.4 Å². The lowest BCUT2D eigenvalue weighted by Gasteiger charge is -2.33. The molecule has 6 heteroatoms. The number of likely N-dealkylation sites (tertiary alicyclic amines) is 1. The number of amides is 1. The van der Waals surface area contributed by atoms with Crippen LogP contribution in [0.25, 0.3) is 22.2 Å². The summed E-state index contributed by atoms with van der Waals surface area (Å²) in [6, 6.07) is 20.2. The summed E-state index contributed by atoms with van der Waals surface area (Å²) in [6.45, 7) is 2.86. The first kappa shape index (κ1) is 19.5.